The Morgan fingerprint density at radius 2 is 1.10 bits per heavy atom. The Balaban J connectivity index is 1.34. The third kappa shape index (κ3) is 2.98. The van der Waals surface area contributed by atoms with Gasteiger partial charge in [0.25, 0.3) is 12.6 Å². The van der Waals surface area contributed by atoms with Gasteiger partial charge >= 0.3 is 0 Å². The van der Waals surface area contributed by atoms with Crippen molar-refractivity contribution in [2.24, 2.45) is 0 Å². The molecule has 2 atom stereocenters. The predicted octanol–water partition coefficient (Wildman–Crippen LogP) is 3.80. The van der Waals surface area contributed by atoms with Gasteiger partial charge in [-0.05, 0) is 23.3 Å². The summed E-state index contributed by atoms with van der Waals surface area (Å²) in [6.07, 6.45) is 3.40. The lowest BCUT2D eigenvalue weighted by Crippen LogP contribution is -1.96. The van der Waals surface area contributed by atoms with Crippen molar-refractivity contribution in [3.05, 3.63) is 83.3 Å². The fourth-order valence-electron chi connectivity index (χ4n) is 2.11. The van der Waals surface area contributed by atoms with Crippen molar-refractivity contribution in [3.8, 4) is 0 Å². The molecule has 0 aromatic heterocycles. The molecular weight excluding hydrogens is 264 g/mol. The molecule has 0 bridgehead atoms. The van der Waals surface area contributed by atoms with Gasteiger partial charge in [0, 0.05) is 0 Å². The minimum absolute atomic E-state index is 0.281. The Labute approximate surface area is 123 Å². The number of hydrogen-bond donors (Lipinski definition) is 0. The van der Waals surface area contributed by atoms with E-state index < -0.39 is 0 Å². The maximum atomic E-state index is 5.66. The molecule has 0 N–H and O–H groups in total. The van der Waals surface area contributed by atoms with E-state index in [9.17, 15) is 0 Å². The first-order valence-electron chi connectivity index (χ1n) is 6.90. The first kappa shape index (κ1) is 12.2. The molecule has 3 nitrogen and oxygen atoms in total. The fraction of sp³-hybridized carbons (Fsp3) is 0.111. The number of ether oxygens (including phenoxy) is 3. The summed E-state index contributed by atoms with van der Waals surface area (Å²) in [6, 6.07) is 20.1. The molecular formula is C18H14O3. The Morgan fingerprint density at radius 1 is 0.667 bits per heavy atom. The Bertz CT molecular complexity index is 627. The highest BCUT2D eigenvalue weighted by atomic mass is 16.9. The summed E-state index contributed by atoms with van der Waals surface area (Å²) < 4.78 is 16.5. The Kier molecular flexibility index (Phi) is 2.98. The highest BCUT2D eigenvalue weighted by Crippen LogP contribution is 2.38. The van der Waals surface area contributed by atoms with Crippen molar-refractivity contribution in [1.29, 1.82) is 0 Å². The van der Waals surface area contributed by atoms with Gasteiger partial charge in [0.15, 0.2) is 11.5 Å². The zero-order valence-corrected chi connectivity index (χ0v) is 11.3. The van der Waals surface area contributed by atoms with E-state index in [1.807, 2.05) is 72.8 Å². The maximum Gasteiger partial charge on any atom is 0.262 e. The molecule has 21 heavy (non-hydrogen) atoms. The highest BCUT2D eigenvalue weighted by molar-refractivity contribution is 5.55. The summed E-state index contributed by atoms with van der Waals surface area (Å²) >= 11 is 0. The summed E-state index contributed by atoms with van der Waals surface area (Å²) in [5.41, 5.74) is 2.21. The van der Waals surface area contributed by atoms with Gasteiger partial charge < -0.3 is 9.47 Å². The quantitative estimate of drug-likeness (QED) is 0.798. The summed E-state index contributed by atoms with van der Waals surface area (Å²) in [6.45, 7) is 0. The SMILES string of the molecule is C(=C1OC1OC1OC1=Cc1ccccc1)c1ccccc1. The predicted molar refractivity (Wildman–Crippen MR) is 79.7 cm³/mol. The molecule has 0 spiro atoms. The first-order chi connectivity index (χ1) is 10.4. The molecule has 2 fully saturated rings. The molecule has 2 aliphatic rings. The summed E-state index contributed by atoms with van der Waals surface area (Å²) in [7, 11) is 0. The molecule has 2 heterocycles. The molecule has 3 heteroatoms. The summed E-state index contributed by atoms with van der Waals surface area (Å²) in [5.74, 6) is 1.69. The molecule has 0 aliphatic carbocycles. The van der Waals surface area contributed by atoms with Crippen LogP contribution in [0.15, 0.2) is 72.2 Å². The lowest BCUT2D eigenvalue weighted by Gasteiger charge is -1.88. The molecule has 0 amide bonds. The second kappa shape index (κ2) is 5.11. The third-order valence-corrected chi connectivity index (χ3v) is 3.30. The van der Waals surface area contributed by atoms with Gasteiger partial charge in [-0.15, -0.1) is 0 Å². The lowest BCUT2D eigenvalue weighted by atomic mass is 10.2. The number of benzene rings is 2. The van der Waals surface area contributed by atoms with E-state index in [-0.39, 0.29) is 12.6 Å². The van der Waals surface area contributed by atoms with Crippen molar-refractivity contribution >= 4 is 12.2 Å². The van der Waals surface area contributed by atoms with Gasteiger partial charge in [-0.1, -0.05) is 60.7 Å². The van der Waals surface area contributed by atoms with E-state index in [0.29, 0.717) is 0 Å². The van der Waals surface area contributed by atoms with Crippen molar-refractivity contribution in [2.75, 3.05) is 0 Å². The minimum Gasteiger partial charge on any atom is -0.455 e. The van der Waals surface area contributed by atoms with E-state index in [4.69, 9.17) is 14.2 Å². The average molecular weight is 278 g/mol. The largest absolute Gasteiger partial charge is 0.455 e. The van der Waals surface area contributed by atoms with Crippen molar-refractivity contribution in [1.82, 2.24) is 0 Å². The van der Waals surface area contributed by atoms with Gasteiger partial charge in [-0.25, -0.2) is 0 Å². The highest BCUT2D eigenvalue weighted by Gasteiger charge is 2.44. The topological polar surface area (TPSA) is 34.3 Å². The number of rotatable bonds is 4. The van der Waals surface area contributed by atoms with Crippen LogP contribution in [-0.2, 0) is 14.2 Å². The van der Waals surface area contributed by atoms with E-state index >= 15 is 0 Å². The van der Waals surface area contributed by atoms with Crippen LogP contribution in [0.1, 0.15) is 11.1 Å². The maximum absolute atomic E-state index is 5.66. The molecule has 2 aromatic carbocycles. The van der Waals surface area contributed by atoms with Crippen LogP contribution in [0, 0.1) is 0 Å². The van der Waals surface area contributed by atoms with E-state index in [1.165, 1.54) is 0 Å². The van der Waals surface area contributed by atoms with Crippen LogP contribution < -0.4 is 0 Å². The molecule has 2 aliphatic heterocycles. The van der Waals surface area contributed by atoms with Gasteiger partial charge in [-0.3, -0.25) is 4.74 Å². The van der Waals surface area contributed by atoms with E-state index in [0.717, 1.165) is 22.6 Å². The Morgan fingerprint density at radius 3 is 1.52 bits per heavy atom. The van der Waals surface area contributed by atoms with Crippen LogP contribution in [0.25, 0.3) is 12.2 Å². The minimum atomic E-state index is -0.281. The normalized spacial score (nSPS) is 26.3. The van der Waals surface area contributed by atoms with Crippen LogP contribution in [0.3, 0.4) is 0 Å². The number of hydrogen-bond acceptors (Lipinski definition) is 3. The molecule has 4 rings (SSSR count). The zero-order chi connectivity index (χ0) is 14.1. The van der Waals surface area contributed by atoms with Crippen molar-refractivity contribution in [3.63, 3.8) is 0 Å². The third-order valence-electron chi connectivity index (χ3n) is 3.30. The van der Waals surface area contributed by atoms with Crippen LogP contribution >= 0.6 is 0 Å². The lowest BCUT2D eigenvalue weighted by molar-refractivity contribution is -0.00954. The monoisotopic (exact) mass is 278 g/mol. The molecule has 104 valence electrons. The van der Waals surface area contributed by atoms with Crippen LogP contribution in [0.2, 0.25) is 0 Å². The average Bonchev–Trinajstić information content (AvgIpc) is 3.42. The van der Waals surface area contributed by atoms with Gasteiger partial charge in [-0.2, -0.15) is 0 Å². The van der Waals surface area contributed by atoms with Crippen LogP contribution in [0.4, 0.5) is 0 Å². The fourth-order valence-corrected chi connectivity index (χ4v) is 2.11. The van der Waals surface area contributed by atoms with Crippen LogP contribution in [-0.4, -0.2) is 12.6 Å². The first-order valence-corrected chi connectivity index (χ1v) is 6.90. The van der Waals surface area contributed by atoms with Crippen LogP contribution in [0.5, 0.6) is 0 Å². The van der Waals surface area contributed by atoms with Gasteiger partial charge in [0.1, 0.15) is 0 Å². The second-order valence-electron chi connectivity index (χ2n) is 4.95. The summed E-state index contributed by atoms with van der Waals surface area (Å²) in [5, 5.41) is 0. The molecule has 0 saturated carbocycles. The zero-order valence-electron chi connectivity index (χ0n) is 11.3. The number of epoxide rings is 2. The smallest absolute Gasteiger partial charge is 0.262 e. The molecule has 2 unspecified atom stereocenters. The molecule has 2 saturated heterocycles. The summed E-state index contributed by atoms with van der Waals surface area (Å²) in [4.78, 5) is 0. The second-order valence-corrected chi connectivity index (χ2v) is 4.95. The molecule has 0 radical (unpaired) electrons. The van der Waals surface area contributed by atoms with Gasteiger partial charge in [0.2, 0.25) is 0 Å². The van der Waals surface area contributed by atoms with Crippen molar-refractivity contribution < 1.29 is 14.2 Å². The van der Waals surface area contributed by atoms with Gasteiger partial charge in [0.05, 0.1) is 0 Å². The van der Waals surface area contributed by atoms with E-state index in [2.05, 4.69) is 0 Å². The standard InChI is InChI=1S/C18H14O3/c1-3-7-13(8-4-1)11-15-17(19-15)21-18-16(20-18)12-14-9-5-2-6-10-14/h1-12,17-18H. The van der Waals surface area contributed by atoms with E-state index in [1.54, 1.807) is 0 Å². The van der Waals surface area contributed by atoms with Crippen molar-refractivity contribution in [2.45, 2.75) is 12.6 Å². The molecule has 2 aromatic rings. The Hall–Kier alpha value is -2.52.